The van der Waals surface area contributed by atoms with Gasteiger partial charge < -0.3 is 15.2 Å². The Morgan fingerprint density at radius 2 is 1.96 bits per heavy atom. The number of hydrogen-bond acceptors (Lipinski definition) is 4. The maximum atomic E-state index is 12.2. The first-order valence-electron chi connectivity index (χ1n) is 8.22. The molecule has 24 heavy (non-hydrogen) atoms. The number of aliphatic hydroxyl groups excluding tert-OH is 1. The summed E-state index contributed by atoms with van der Waals surface area (Å²) in [6.07, 6.45) is 1.98. The number of ether oxygens (including phenoxy) is 1. The van der Waals surface area contributed by atoms with Crippen LogP contribution < -0.4 is 10.1 Å². The van der Waals surface area contributed by atoms with Gasteiger partial charge in [0, 0.05) is 17.8 Å². The van der Waals surface area contributed by atoms with E-state index in [1.165, 1.54) is 0 Å². The average Bonchev–Trinajstić information content (AvgIpc) is 3.03. The van der Waals surface area contributed by atoms with Crippen molar-refractivity contribution in [1.29, 1.82) is 0 Å². The molecule has 1 heterocycles. The molecule has 1 amide bonds. The fourth-order valence-electron chi connectivity index (χ4n) is 2.96. The van der Waals surface area contributed by atoms with E-state index >= 15 is 0 Å². The van der Waals surface area contributed by atoms with Crippen LogP contribution in [0.1, 0.15) is 12.8 Å². The maximum absolute atomic E-state index is 12.2. The molecule has 1 fully saturated rings. The van der Waals surface area contributed by atoms with Crippen molar-refractivity contribution >= 4 is 11.6 Å². The zero-order valence-electron chi connectivity index (χ0n) is 13.5. The standard InChI is InChI=1S/C19H22N2O3/c22-14-16-7-5-11-21(16)13-19(23)20-15-6-4-10-18(12-15)24-17-8-2-1-3-9-17/h1-4,6,8-10,12,16,22H,5,7,11,13-14H2,(H,20,23)/t16-/m1/s1. The third-order valence-electron chi connectivity index (χ3n) is 4.15. The highest BCUT2D eigenvalue weighted by Crippen LogP contribution is 2.24. The van der Waals surface area contributed by atoms with Crippen molar-refractivity contribution in [3.05, 3.63) is 54.6 Å². The van der Waals surface area contributed by atoms with E-state index in [1.807, 2.05) is 53.4 Å². The van der Waals surface area contributed by atoms with Gasteiger partial charge in [-0.1, -0.05) is 24.3 Å². The van der Waals surface area contributed by atoms with E-state index in [1.54, 1.807) is 6.07 Å². The second-order valence-electron chi connectivity index (χ2n) is 5.94. The maximum Gasteiger partial charge on any atom is 0.238 e. The van der Waals surface area contributed by atoms with Crippen LogP contribution in [0.15, 0.2) is 54.6 Å². The van der Waals surface area contributed by atoms with Crippen LogP contribution >= 0.6 is 0 Å². The highest BCUT2D eigenvalue weighted by atomic mass is 16.5. The summed E-state index contributed by atoms with van der Waals surface area (Å²) in [4.78, 5) is 14.3. The third kappa shape index (κ3) is 4.34. The molecule has 1 aliphatic rings. The van der Waals surface area contributed by atoms with Crippen LogP contribution in [0.5, 0.6) is 11.5 Å². The number of amides is 1. The molecule has 1 saturated heterocycles. The fraction of sp³-hybridized carbons (Fsp3) is 0.316. The first-order chi connectivity index (χ1) is 11.7. The zero-order valence-corrected chi connectivity index (χ0v) is 13.5. The van der Waals surface area contributed by atoms with Crippen LogP contribution in [-0.2, 0) is 4.79 Å². The molecule has 1 atom stereocenters. The van der Waals surface area contributed by atoms with Crippen molar-refractivity contribution in [2.45, 2.75) is 18.9 Å². The molecule has 1 aliphatic heterocycles. The van der Waals surface area contributed by atoms with Crippen molar-refractivity contribution in [3.8, 4) is 11.5 Å². The summed E-state index contributed by atoms with van der Waals surface area (Å²) in [6.45, 7) is 1.26. The summed E-state index contributed by atoms with van der Waals surface area (Å²) in [7, 11) is 0. The summed E-state index contributed by atoms with van der Waals surface area (Å²) < 4.78 is 5.77. The molecule has 0 radical (unpaired) electrons. The summed E-state index contributed by atoms with van der Waals surface area (Å²) in [5.74, 6) is 1.35. The molecule has 2 aromatic rings. The number of nitrogens with one attached hydrogen (secondary N) is 1. The first-order valence-corrected chi connectivity index (χ1v) is 8.22. The van der Waals surface area contributed by atoms with Crippen LogP contribution in [0.4, 0.5) is 5.69 Å². The van der Waals surface area contributed by atoms with E-state index in [-0.39, 0.29) is 18.6 Å². The van der Waals surface area contributed by atoms with E-state index in [0.717, 1.165) is 25.1 Å². The Balaban J connectivity index is 1.59. The monoisotopic (exact) mass is 326 g/mol. The van der Waals surface area contributed by atoms with Crippen molar-refractivity contribution in [2.75, 3.05) is 25.0 Å². The Hall–Kier alpha value is -2.37. The summed E-state index contributed by atoms with van der Waals surface area (Å²) in [6, 6.07) is 17.0. The van der Waals surface area contributed by atoms with E-state index in [2.05, 4.69) is 5.32 Å². The first kappa shape index (κ1) is 16.5. The van der Waals surface area contributed by atoms with E-state index in [9.17, 15) is 9.90 Å². The molecule has 2 aromatic carbocycles. The van der Waals surface area contributed by atoms with Gasteiger partial charge in [-0.15, -0.1) is 0 Å². The van der Waals surface area contributed by atoms with Crippen LogP contribution in [0.2, 0.25) is 0 Å². The lowest BCUT2D eigenvalue weighted by atomic mass is 10.2. The number of carbonyl (C=O) groups excluding carboxylic acids is 1. The largest absolute Gasteiger partial charge is 0.457 e. The summed E-state index contributed by atoms with van der Waals surface area (Å²) >= 11 is 0. The number of hydrogen-bond donors (Lipinski definition) is 2. The van der Waals surface area contributed by atoms with Crippen LogP contribution in [0.3, 0.4) is 0 Å². The minimum atomic E-state index is -0.0767. The number of nitrogens with zero attached hydrogens (tertiary/aromatic N) is 1. The quantitative estimate of drug-likeness (QED) is 0.857. The molecule has 0 aliphatic carbocycles. The highest BCUT2D eigenvalue weighted by Gasteiger charge is 2.25. The van der Waals surface area contributed by atoms with Gasteiger partial charge in [-0.3, -0.25) is 9.69 Å². The van der Waals surface area contributed by atoms with Gasteiger partial charge in [-0.05, 0) is 43.7 Å². The SMILES string of the molecule is O=C(CN1CCC[C@@H]1CO)Nc1cccc(Oc2ccccc2)c1. The molecular formula is C19H22N2O3. The number of benzene rings is 2. The Labute approximate surface area is 141 Å². The Morgan fingerprint density at radius 1 is 1.17 bits per heavy atom. The number of carbonyl (C=O) groups is 1. The molecule has 126 valence electrons. The van der Waals surface area contributed by atoms with E-state index in [4.69, 9.17) is 4.74 Å². The number of rotatable bonds is 6. The number of para-hydroxylation sites is 1. The molecular weight excluding hydrogens is 304 g/mol. The van der Waals surface area contributed by atoms with Gasteiger partial charge in [0.25, 0.3) is 0 Å². The van der Waals surface area contributed by atoms with Gasteiger partial charge in [0.05, 0.1) is 13.2 Å². The number of anilines is 1. The van der Waals surface area contributed by atoms with Gasteiger partial charge in [0.1, 0.15) is 11.5 Å². The summed E-state index contributed by atoms with van der Waals surface area (Å²) in [5.41, 5.74) is 0.702. The number of likely N-dealkylation sites (tertiary alicyclic amines) is 1. The molecule has 3 rings (SSSR count). The van der Waals surface area contributed by atoms with Gasteiger partial charge in [0.15, 0.2) is 0 Å². The lowest BCUT2D eigenvalue weighted by Gasteiger charge is -2.21. The number of aliphatic hydroxyl groups is 1. The van der Waals surface area contributed by atoms with Gasteiger partial charge >= 0.3 is 0 Å². The smallest absolute Gasteiger partial charge is 0.238 e. The predicted octanol–water partition coefficient (Wildman–Crippen LogP) is 2.87. The fourth-order valence-corrected chi connectivity index (χ4v) is 2.96. The second-order valence-corrected chi connectivity index (χ2v) is 5.94. The molecule has 0 spiro atoms. The molecule has 0 aromatic heterocycles. The minimum absolute atomic E-state index is 0.0767. The van der Waals surface area contributed by atoms with Gasteiger partial charge in [-0.25, -0.2) is 0 Å². The molecule has 0 bridgehead atoms. The average molecular weight is 326 g/mol. The van der Waals surface area contributed by atoms with Crippen molar-refractivity contribution in [2.24, 2.45) is 0 Å². The van der Waals surface area contributed by atoms with Crippen LogP contribution in [0, 0.1) is 0 Å². The normalized spacial score (nSPS) is 17.6. The third-order valence-corrected chi connectivity index (χ3v) is 4.15. The summed E-state index contributed by atoms with van der Waals surface area (Å²) in [5, 5.41) is 12.2. The predicted molar refractivity (Wildman–Crippen MR) is 93.3 cm³/mol. The van der Waals surface area contributed by atoms with Crippen molar-refractivity contribution in [3.63, 3.8) is 0 Å². The molecule has 0 saturated carbocycles. The van der Waals surface area contributed by atoms with Crippen LogP contribution in [0.25, 0.3) is 0 Å². The Kier molecular flexibility index (Phi) is 5.46. The lowest BCUT2D eigenvalue weighted by molar-refractivity contribution is -0.117. The topological polar surface area (TPSA) is 61.8 Å². The van der Waals surface area contributed by atoms with Crippen molar-refractivity contribution in [1.82, 2.24) is 4.90 Å². The van der Waals surface area contributed by atoms with E-state index < -0.39 is 0 Å². The molecule has 0 unspecified atom stereocenters. The lowest BCUT2D eigenvalue weighted by Crippen LogP contribution is -2.38. The zero-order chi connectivity index (χ0) is 16.8. The second kappa shape index (κ2) is 7.95. The Morgan fingerprint density at radius 3 is 2.75 bits per heavy atom. The van der Waals surface area contributed by atoms with Crippen molar-refractivity contribution < 1.29 is 14.6 Å². The minimum Gasteiger partial charge on any atom is -0.457 e. The molecule has 2 N–H and O–H groups in total. The van der Waals surface area contributed by atoms with Gasteiger partial charge in [-0.2, -0.15) is 0 Å². The molecule has 5 heteroatoms. The van der Waals surface area contributed by atoms with Gasteiger partial charge in [0.2, 0.25) is 5.91 Å². The van der Waals surface area contributed by atoms with Crippen LogP contribution in [-0.4, -0.2) is 41.7 Å². The Bertz CT molecular complexity index is 675. The van der Waals surface area contributed by atoms with E-state index in [0.29, 0.717) is 18.0 Å². The highest BCUT2D eigenvalue weighted by molar-refractivity contribution is 5.92. The molecule has 5 nitrogen and oxygen atoms in total.